The van der Waals surface area contributed by atoms with Crippen molar-refractivity contribution in [2.45, 2.75) is 51.0 Å². The first kappa shape index (κ1) is 18.0. The van der Waals surface area contributed by atoms with E-state index < -0.39 is 0 Å². The van der Waals surface area contributed by atoms with Gasteiger partial charge in [0, 0.05) is 17.9 Å². The fourth-order valence-electron chi connectivity index (χ4n) is 4.66. The molecule has 5 heteroatoms. The Morgan fingerprint density at radius 1 is 1.04 bits per heavy atom. The minimum absolute atomic E-state index is 0.110. The Bertz CT molecular complexity index is 810. The number of benzene rings is 1. The number of nitrogens with one attached hydrogen (secondary N) is 2. The van der Waals surface area contributed by atoms with E-state index in [-0.39, 0.29) is 17.8 Å². The zero-order valence-corrected chi connectivity index (χ0v) is 15.5. The van der Waals surface area contributed by atoms with Crippen molar-refractivity contribution in [1.82, 2.24) is 10.3 Å². The lowest BCUT2D eigenvalue weighted by molar-refractivity contribution is 0.0880. The van der Waals surface area contributed by atoms with Gasteiger partial charge in [0.1, 0.15) is 11.6 Å². The number of carbonyl (C=O) groups is 1. The minimum Gasteiger partial charge on any atom is -0.349 e. The maximum atomic E-state index is 13.4. The molecule has 1 aromatic carbocycles. The second-order valence-electron chi connectivity index (χ2n) is 7.82. The maximum Gasteiger partial charge on any atom is 0.255 e. The van der Waals surface area contributed by atoms with Crippen LogP contribution >= 0.6 is 0 Å². The molecule has 0 bridgehead atoms. The second-order valence-corrected chi connectivity index (χ2v) is 7.82. The fourth-order valence-corrected chi connectivity index (χ4v) is 4.66. The summed E-state index contributed by atoms with van der Waals surface area (Å²) in [5.74, 6) is 1.63. The van der Waals surface area contributed by atoms with Gasteiger partial charge in [-0.2, -0.15) is 0 Å². The first-order valence-corrected chi connectivity index (χ1v) is 9.97. The van der Waals surface area contributed by atoms with Gasteiger partial charge in [0.2, 0.25) is 0 Å². The lowest BCUT2D eigenvalue weighted by Gasteiger charge is -2.39. The smallest absolute Gasteiger partial charge is 0.255 e. The molecule has 0 spiro atoms. The van der Waals surface area contributed by atoms with Crippen molar-refractivity contribution >= 4 is 17.4 Å². The number of pyridine rings is 1. The van der Waals surface area contributed by atoms with E-state index in [0.717, 1.165) is 24.7 Å². The van der Waals surface area contributed by atoms with E-state index in [0.29, 0.717) is 17.1 Å². The highest BCUT2D eigenvalue weighted by molar-refractivity contribution is 5.99. The molecule has 0 unspecified atom stereocenters. The van der Waals surface area contributed by atoms with Crippen molar-refractivity contribution in [2.24, 2.45) is 11.8 Å². The van der Waals surface area contributed by atoms with E-state index in [1.165, 1.54) is 44.2 Å². The van der Waals surface area contributed by atoms with Crippen LogP contribution in [-0.2, 0) is 0 Å². The third-order valence-electron chi connectivity index (χ3n) is 6.01. The van der Waals surface area contributed by atoms with Gasteiger partial charge in [0.25, 0.3) is 5.91 Å². The van der Waals surface area contributed by atoms with Gasteiger partial charge in [0.05, 0.1) is 5.56 Å². The van der Waals surface area contributed by atoms with Gasteiger partial charge in [-0.05, 0) is 61.4 Å². The first-order chi connectivity index (χ1) is 13.2. The molecule has 2 saturated carbocycles. The van der Waals surface area contributed by atoms with E-state index in [4.69, 9.17) is 0 Å². The number of fused-ring (bicyclic) bond motifs is 1. The van der Waals surface area contributed by atoms with Crippen molar-refractivity contribution < 1.29 is 9.18 Å². The summed E-state index contributed by atoms with van der Waals surface area (Å²) >= 11 is 0. The third kappa shape index (κ3) is 4.29. The van der Waals surface area contributed by atoms with Crippen LogP contribution in [-0.4, -0.2) is 16.9 Å². The van der Waals surface area contributed by atoms with E-state index >= 15 is 0 Å². The van der Waals surface area contributed by atoms with Crippen LogP contribution in [0.25, 0.3) is 0 Å². The van der Waals surface area contributed by atoms with Crippen molar-refractivity contribution in [3.05, 3.63) is 54.0 Å². The minimum atomic E-state index is -0.328. The predicted molar refractivity (Wildman–Crippen MR) is 104 cm³/mol. The first-order valence-electron chi connectivity index (χ1n) is 9.97. The summed E-state index contributed by atoms with van der Waals surface area (Å²) in [5, 5.41) is 6.28. The molecule has 4 nitrogen and oxygen atoms in total. The number of hydrogen-bond acceptors (Lipinski definition) is 3. The molecule has 2 aliphatic carbocycles. The summed E-state index contributed by atoms with van der Waals surface area (Å²) in [6.45, 7) is 0. The SMILES string of the molecule is O=C(N[C@@H]1CC[C@H]2CCCC[C@H]2C1)c1cccnc1Nc1cccc(F)c1. The number of hydrogen-bond donors (Lipinski definition) is 2. The van der Waals surface area contributed by atoms with Crippen LogP contribution < -0.4 is 10.6 Å². The molecular weight excluding hydrogens is 341 g/mol. The third-order valence-corrected chi connectivity index (χ3v) is 6.01. The summed E-state index contributed by atoms with van der Waals surface area (Å²) in [4.78, 5) is 17.2. The topological polar surface area (TPSA) is 54.0 Å². The van der Waals surface area contributed by atoms with Crippen LogP contribution in [0.4, 0.5) is 15.9 Å². The number of anilines is 2. The Morgan fingerprint density at radius 2 is 1.89 bits per heavy atom. The summed E-state index contributed by atoms with van der Waals surface area (Å²) in [7, 11) is 0. The highest BCUT2D eigenvalue weighted by Gasteiger charge is 2.33. The molecule has 1 aromatic heterocycles. The molecule has 2 aliphatic rings. The predicted octanol–water partition coefficient (Wildman–Crippen LogP) is 5.05. The monoisotopic (exact) mass is 367 g/mol. The van der Waals surface area contributed by atoms with Gasteiger partial charge in [0.15, 0.2) is 0 Å². The molecule has 0 aliphatic heterocycles. The molecule has 0 saturated heterocycles. The van der Waals surface area contributed by atoms with Gasteiger partial charge in [-0.1, -0.05) is 31.7 Å². The molecule has 1 heterocycles. The average molecular weight is 367 g/mol. The van der Waals surface area contributed by atoms with Crippen LogP contribution in [0.5, 0.6) is 0 Å². The van der Waals surface area contributed by atoms with E-state index in [2.05, 4.69) is 15.6 Å². The van der Waals surface area contributed by atoms with Crippen molar-refractivity contribution in [3.8, 4) is 0 Å². The van der Waals surface area contributed by atoms with E-state index in [1.807, 2.05) is 0 Å². The van der Waals surface area contributed by atoms with Crippen LogP contribution in [0.1, 0.15) is 55.3 Å². The Labute approximate surface area is 159 Å². The van der Waals surface area contributed by atoms with Crippen LogP contribution in [0.3, 0.4) is 0 Å². The van der Waals surface area contributed by atoms with Gasteiger partial charge in [-0.3, -0.25) is 4.79 Å². The summed E-state index contributed by atoms with van der Waals surface area (Å²) in [6.07, 6.45) is 10.3. The molecule has 3 atom stereocenters. The number of halogens is 1. The maximum absolute atomic E-state index is 13.4. The number of carbonyl (C=O) groups excluding carboxylic acids is 1. The van der Waals surface area contributed by atoms with E-state index in [9.17, 15) is 9.18 Å². The number of amides is 1. The van der Waals surface area contributed by atoms with Gasteiger partial charge >= 0.3 is 0 Å². The molecular formula is C22H26FN3O. The van der Waals surface area contributed by atoms with Gasteiger partial charge in [-0.15, -0.1) is 0 Å². The van der Waals surface area contributed by atoms with Crippen LogP contribution in [0.2, 0.25) is 0 Å². The van der Waals surface area contributed by atoms with Crippen LogP contribution in [0, 0.1) is 17.7 Å². The number of aromatic nitrogens is 1. The van der Waals surface area contributed by atoms with Gasteiger partial charge in [-0.25, -0.2) is 9.37 Å². The molecule has 27 heavy (non-hydrogen) atoms. The second kappa shape index (κ2) is 8.07. The number of nitrogens with zero attached hydrogens (tertiary/aromatic N) is 1. The highest BCUT2D eigenvalue weighted by atomic mass is 19.1. The normalized spacial score (nSPS) is 24.7. The van der Waals surface area contributed by atoms with E-state index in [1.54, 1.807) is 30.5 Å². The molecule has 2 N–H and O–H groups in total. The van der Waals surface area contributed by atoms with Crippen molar-refractivity contribution in [3.63, 3.8) is 0 Å². The molecule has 0 radical (unpaired) electrons. The molecule has 2 fully saturated rings. The Kier molecular flexibility index (Phi) is 5.37. The zero-order chi connectivity index (χ0) is 18.6. The summed E-state index contributed by atoms with van der Waals surface area (Å²) < 4.78 is 13.4. The Balaban J connectivity index is 1.44. The Hall–Kier alpha value is -2.43. The lowest BCUT2D eigenvalue weighted by atomic mass is 9.69. The molecule has 142 valence electrons. The highest BCUT2D eigenvalue weighted by Crippen LogP contribution is 2.40. The summed E-state index contributed by atoms with van der Waals surface area (Å²) in [5.41, 5.74) is 1.07. The molecule has 2 aromatic rings. The average Bonchev–Trinajstić information content (AvgIpc) is 2.68. The zero-order valence-electron chi connectivity index (χ0n) is 15.5. The van der Waals surface area contributed by atoms with Crippen LogP contribution in [0.15, 0.2) is 42.6 Å². The summed E-state index contributed by atoms with van der Waals surface area (Å²) in [6, 6.07) is 9.91. The largest absolute Gasteiger partial charge is 0.349 e. The standard InChI is InChI=1S/C22H26FN3O/c23-17-7-3-8-18(14-17)25-21-20(9-4-12-24-21)22(27)26-19-11-10-15-5-1-2-6-16(15)13-19/h3-4,7-9,12,14-16,19H,1-2,5-6,10-11,13H2,(H,24,25)(H,26,27)/t15-,16+,19-/m1/s1. The number of rotatable bonds is 4. The van der Waals surface area contributed by atoms with Crippen molar-refractivity contribution in [2.75, 3.05) is 5.32 Å². The molecule has 4 rings (SSSR count). The Morgan fingerprint density at radius 3 is 2.74 bits per heavy atom. The lowest BCUT2D eigenvalue weighted by Crippen LogP contribution is -2.41. The quantitative estimate of drug-likeness (QED) is 0.795. The molecule has 1 amide bonds. The fraction of sp³-hybridized carbons (Fsp3) is 0.455. The van der Waals surface area contributed by atoms with Gasteiger partial charge < -0.3 is 10.6 Å². The van der Waals surface area contributed by atoms with Crippen molar-refractivity contribution in [1.29, 1.82) is 0 Å².